The van der Waals surface area contributed by atoms with E-state index in [9.17, 15) is 13.2 Å². The third-order valence-electron chi connectivity index (χ3n) is 2.79. The van der Waals surface area contributed by atoms with Crippen LogP contribution in [0.25, 0.3) is 0 Å². The summed E-state index contributed by atoms with van der Waals surface area (Å²) in [6.07, 6.45) is -2.73. The Morgan fingerprint density at radius 3 is 2.71 bits per heavy atom. The van der Waals surface area contributed by atoms with Crippen LogP contribution in [0.3, 0.4) is 0 Å². The number of nitrogens with zero attached hydrogens (tertiary/aromatic N) is 1. The van der Waals surface area contributed by atoms with E-state index in [4.69, 9.17) is 4.74 Å². The second kappa shape index (κ2) is 6.47. The van der Waals surface area contributed by atoms with Gasteiger partial charge in [-0.2, -0.15) is 13.2 Å². The van der Waals surface area contributed by atoms with E-state index in [0.29, 0.717) is 12.4 Å². The largest absolute Gasteiger partial charge is 0.489 e. The van der Waals surface area contributed by atoms with E-state index >= 15 is 0 Å². The average Bonchev–Trinajstić information content (AvgIpc) is 2.46. The van der Waals surface area contributed by atoms with Gasteiger partial charge in [0.25, 0.3) is 0 Å². The van der Waals surface area contributed by atoms with Crippen molar-refractivity contribution in [3.63, 3.8) is 0 Å². The molecule has 0 radical (unpaired) electrons. The van der Waals surface area contributed by atoms with Gasteiger partial charge in [-0.3, -0.25) is 0 Å². The Kier molecular flexibility index (Phi) is 4.67. The molecule has 21 heavy (non-hydrogen) atoms. The summed E-state index contributed by atoms with van der Waals surface area (Å²) in [6, 6.07) is 8.40. The minimum Gasteiger partial charge on any atom is -0.489 e. The monoisotopic (exact) mass is 296 g/mol. The predicted molar refractivity (Wildman–Crippen MR) is 74.2 cm³/mol. The topological polar surface area (TPSA) is 34.2 Å². The number of pyridine rings is 1. The third-order valence-corrected chi connectivity index (χ3v) is 2.79. The Labute approximate surface area is 120 Å². The van der Waals surface area contributed by atoms with E-state index in [1.165, 1.54) is 12.1 Å². The van der Waals surface area contributed by atoms with Gasteiger partial charge in [0, 0.05) is 18.3 Å². The molecule has 112 valence electrons. The molecule has 2 aromatic rings. The first kappa shape index (κ1) is 15.2. The van der Waals surface area contributed by atoms with Crippen molar-refractivity contribution in [1.82, 2.24) is 4.98 Å². The molecule has 0 aliphatic heterocycles. The minimum atomic E-state index is -4.37. The molecular weight excluding hydrogens is 281 g/mol. The maximum atomic E-state index is 12.6. The molecule has 0 unspecified atom stereocenters. The van der Waals surface area contributed by atoms with Gasteiger partial charge in [0.1, 0.15) is 18.2 Å². The van der Waals surface area contributed by atoms with Gasteiger partial charge in [-0.05, 0) is 31.2 Å². The van der Waals surface area contributed by atoms with Crippen molar-refractivity contribution in [3.05, 3.63) is 53.7 Å². The summed E-state index contributed by atoms with van der Waals surface area (Å²) < 4.78 is 43.3. The fourth-order valence-corrected chi connectivity index (χ4v) is 1.80. The van der Waals surface area contributed by atoms with E-state index in [1.54, 1.807) is 12.3 Å². The summed E-state index contributed by atoms with van der Waals surface area (Å²) in [5.74, 6) is 0.850. The fraction of sp³-hybridized carbons (Fsp3) is 0.267. The molecule has 1 aromatic heterocycles. The molecule has 0 spiro atoms. The van der Waals surface area contributed by atoms with E-state index < -0.39 is 11.7 Å². The van der Waals surface area contributed by atoms with Gasteiger partial charge in [-0.15, -0.1) is 0 Å². The predicted octanol–water partition coefficient (Wildman–Crippen LogP) is 4.11. The lowest BCUT2D eigenvalue weighted by atomic mass is 10.2. The van der Waals surface area contributed by atoms with Crippen molar-refractivity contribution in [2.24, 2.45) is 0 Å². The van der Waals surface area contributed by atoms with E-state index in [2.05, 4.69) is 10.3 Å². The van der Waals surface area contributed by atoms with Crippen LogP contribution in [0.15, 0.2) is 42.6 Å². The Bertz CT molecular complexity index is 599. The molecule has 3 nitrogen and oxygen atoms in total. The normalized spacial score (nSPS) is 11.2. The van der Waals surface area contributed by atoms with Crippen molar-refractivity contribution in [2.75, 3.05) is 11.9 Å². The smallest absolute Gasteiger partial charge is 0.416 e. The number of hydrogen-bond acceptors (Lipinski definition) is 3. The van der Waals surface area contributed by atoms with Gasteiger partial charge in [0.05, 0.1) is 5.56 Å². The van der Waals surface area contributed by atoms with Crippen LogP contribution in [0.2, 0.25) is 0 Å². The van der Waals surface area contributed by atoms with Crippen LogP contribution in [0, 0.1) is 0 Å². The number of aromatic nitrogens is 1. The zero-order valence-corrected chi connectivity index (χ0v) is 11.4. The molecule has 0 saturated heterocycles. The fourth-order valence-electron chi connectivity index (χ4n) is 1.80. The van der Waals surface area contributed by atoms with Gasteiger partial charge in [-0.25, -0.2) is 4.98 Å². The van der Waals surface area contributed by atoms with Gasteiger partial charge in [-0.1, -0.05) is 12.1 Å². The summed E-state index contributed by atoms with van der Waals surface area (Å²) in [4.78, 5) is 4.17. The summed E-state index contributed by atoms with van der Waals surface area (Å²) >= 11 is 0. The highest BCUT2D eigenvalue weighted by molar-refractivity contribution is 5.43. The first-order chi connectivity index (χ1) is 10.0. The van der Waals surface area contributed by atoms with E-state index in [0.717, 1.165) is 17.7 Å². The molecular formula is C15H15F3N2O. The minimum absolute atomic E-state index is 0.150. The van der Waals surface area contributed by atoms with Crippen LogP contribution >= 0.6 is 0 Å². The van der Waals surface area contributed by atoms with Crippen molar-refractivity contribution in [3.8, 4) is 5.75 Å². The highest BCUT2D eigenvalue weighted by Gasteiger charge is 2.30. The Hall–Kier alpha value is -2.24. The lowest BCUT2D eigenvalue weighted by molar-refractivity contribution is -0.137. The molecule has 6 heteroatoms. The van der Waals surface area contributed by atoms with Crippen molar-refractivity contribution in [1.29, 1.82) is 0 Å². The zero-order chi connectivity index (χ0) is 15.3. The molecule has 0 bridgehead atoms. The number of rotatable bonds is 5. The molecule has 0 aliphatic rings. The second-order valence-electron chi connectivity index (χ2n) is 4.36. The van der Waals surface area contributed by atoms with E-state index in [-0.39, 0.29) is 12.4 Å². The van der Waals surface area contributed by atoms with Crippen molar-refractivity contribution in [2.45, 2.75) is 19.7 Å². The number of alkyl halides is 3. The number of ether oxygens (including phenoxy) is 1. The number of anilines is 1. The van der Waals surface area contributed by atoms with Gasteiger partial charge >= 0.3 is 6.18 Å². The molecule has 0 fully saturated rings. The lowest BCUT2D eigenvalue weighted by Gasteiger charge is -2.12. The first-order valence-electron chi connectivity index (χ1n) is 6.48. The third kappa shape index (κ3) is 4.11. The number of halogens is 3. The lowest BCUT2D eigenvalue weighted by Crippen LogP contribution is -2.07. The Morgan fingerprint density at radius 2 is 2.00 bits per heavy atom. The molecule has 2 rings (SSSR count). The van der Waals surface area contributed by atoms with Crippen LogP contribution < -0.4 is 10.1 Å². The molecule has 0 saturated carbocycles. The molecule has 1 aromatic carbocycles. The quantitative estimate of drug-likeness (QED) is 0.901. The summed E-state index contributed by atoms with van der Waals surface area (Å²) in [7, 11) is 0. The van der Waals surface area contributed by atoms with Crippen molar-refractivity contribution < 1.29 is 17.9 Å². The maximum Gasteiger partial charge on any atom is 0.416 e. The standard InChI is InChI=1S/C15H15F3N2O/c1-2-19-14-11(5-4-8-20-14)10-21-13-7-3-6-12(9-13)15(16,17)18/h3-9H,2,10H2,1H3,(H,19,20). The van der Waals surface area contributed by atoms with Gasteiger partial charge in [0.15, 0.2) is 0 Å². The molecule has 0 atom stereocenters. The highest BCUT2D eigenvalue weighted by atomic mass is 19.4. The average molecular weight is 296 g/mol. The molecule has 0 aliphatic carbocycles. The molecule has 1 N–H and O–H groups in total. The summed E-state index contributed by atoms with van der Waals surface area (Å²) in [5.41, 5.74) is 0.0647. The maximum absolute atomic E-state index is 12.6. The van der Waals surface area contributed by atoms with Crippen LogP contribution in [-0.4, -0.2) is 11.5 Å². The number of hydrogen-bond donors (Lipinski definition) is 1. The first-order valence-corrected chi connectivity index (χ1v) is 6.48. The summed E-state index contributed by atoms with van der Waals surface area (Å²) in [6.45, 7) is 2.79. The van der Waals surface area contributed by atoms with Crippen LogP contribution in [0.5, 0.6) is 5.75 Å². The van der Waals surface area contributed by atoms with E-state index in [1.807, 2.05) is 13.0 Å². The van der Waals surface area contributed by atoms with Gasteiger partial charge in [0.2, 0.25) is 0 Å². The van der Waals surface area contributed by atoms with Crippen molar-refractivity contribution >= 4 is 5.82 Å². The SMILES string of the molecule is CCNc1ncccc1COc1cccc(C(F)(F)F)c1. The highest BCUT2D eigenvalue weighted by Crippen LogP contribution is 2.31. The summed E-state index contributed by atoms with van der Waals surface area (Å²) in [5, 5.41) is 3.08. The van der Waals surface area contributed by atoms with Gasteiger partial charge < -0.3 is 10.1 Å². The van der Waals surface area contributed by atoms with Crippen LogP contribution in [0.1, 0.15) is 18.1 Å². The molecule has 1 heterocycles. The van der Waals surface area contributed by atoms with Crippen LogP contribution in [0.4, 0.5) is 19.0 Å². The second-order valence-corrected chi connectivity index (χ2v) is 4.36. The Morgan fingerprint density at radius 1 is 1.19 bits per heavy atom. The van der Waals surface area contributed by atoms with Crippen LogP contribution in [-0.2, 0) is 12.8 Å². The Balaban J connectivity index is 2.10. The number of nitrogens with one attached hydrogen (secondary N) is 1. The number of benzene rings is 1. The molecule has 0 amide bonds. The zero-order valence-electron chi connectivity index (χ0n) is 11.4.